The largest absolute Gasteiger partial charge is 0.457 e. The highest BCUT2D eigenvalue weighted by Crippen LogP contribution is 2.27. The van der Waals surface area contributed by atoms with E-state index in [0.29, 0.717) is 17.8 Å². The third-order valence-electron chi connectivity index (χ3n) is 3.04. The van der Waals surface area contributed by atoms with Crippen molar-refractivity contribution < 1.29 is 14.5 Å². The summed E-state index contributed by atoms with van der Waals surface area (Å²) in [7, 11) is 0. The first kappa shape index (κ1) is 13.7. The van der Waals surface area contributed by atoms with Gasteiger partial charge in [-0.3, -0.25) is 14.9 Å². The van der Waals surface area contributed by atoms with Crippen LogP contribution in [0.15, 0.2) is 36.4 Å². The number of carbonyl (C=O) groups excluding carboxylic acids is 1. The van der Waals surface area contributed by atoms with Crippen molar-refractivity contribution in [2.24, 2.45) is 0 Å². The summed E-state index contributed by atoms with van der Waals surface area (Å²) in [5, 5.41) is 10.7. The van der Waals surface area contributed by atoms with Gasteiger partial charge in [0.2, 0.25) is 0 Å². The summed E-state index contributed by atoms with van der Waals surface area (Å²) in [5.74, 6) is 1.01. The minimum absolute atomic E-state index is 0.00339. The number of benzene rings is 2. The van der Waals surface area contributed by atoms with Crippen LogP contribution in [0.25, 0.3) is 0 Å². The number of hydrogen-bond acceptors (Lipinski definition) is 4. The lowest BCUT2D eigenvalue weighted by Crippen LogP contribution is -1.95. The van der Waals surface area contributed by atoms with E-state index in [1.54, 1.807) is 0 Å². The fraction of sp³-hybridized carbons (Fsp3) is 0.133. The van der Waals surface area contributed by atoms with Crippen molar-refractivity contribution in [1.82, 2.24) is 0 Å². The first-order valence-electron chi connectivity index (χ1n) is 6.00. The SMILES string of the molecule is Cc1ccc(Oc2ccc([N+](=O)[O-])c(C=O)c2)cc1C. The standard InChI is InChI=1S/C15H13NO4/c1-10-3-4-13(7-11(10)2)20-14-5-6-15(16(18)19)12(8-14)9-17/h3-9H,1-2H3. The monoisotopic (exact) mass is 271 g/mol. The summed E-state index contributed by atoms with van der Waals surface area (Å²) in [6, 6.07) is 9.71. The Kier molecular flexibility index (Phi) is 3.79. The van der Waals surface area contributed by atoms with Gasteiger partial charge in [-0.2, -0.15) is 0 Å². The molecule has 0 aliphatic rings. The lowest BCUT2D eigenvalue weighted by atomic mass is 10.1. The molecule has 0 fully saturated rings. The second kappa shape index (κ2) is 5.52. The number of nitrogens with zero attached hydrogens (tertiary/aromatic N) is 1. The molecule has 0 bridgehead atoms. The van der Waals surface area contributed by atoms with E-state index < -0.39 is 4.92 Å². The molecule has 0 saturated heterocycles. The van der Waals surface area contributed by atoms with E-state index in [4.69, 9.17) is 4.74 Å². The van der Waals surface area contributed by atoms with Gasteiger partial charge in [-0.05, 0) is 49.2 Å². The van der Waals surface area contributed by atoms with E-state index in [1.807, 2.05) is 32.0 Å². The van der Waals surface area contributed by atoms with Crippen LogP contribution in [-0.2, 0) is 0 Å². The van der Waals surface area contributed by atoms with E-state index >= 15 is 0 Å². The highest BCUT2D eigenvalue weighted by atomic mass is 16.6. The Bertz CT molecular complexity index is 680. The number of rotatable bonds is 4. The maximum Gasteiger partial charge on any atom is 0.280 e. The second-order valence-corrected chi connectivity index (χ2v) is 4.44. The van der Waals surface area contributed by atoms with Crippen LogP contribution in [0.2, 0.25) is 0 Å². The van der Waals surface area contributed by atoms with Crippen LogP contribution in [-0.4, -0.2) is 11.2 Å². The fourth-order valence-corrected chi connectivity index (χ4v) is 1.77. The maximum atomic E-state index is 10.9. The Morgan fingerprint density at radius 3 is 2.30 bits per heavy atom. The van der Waals surface area contributed by atoms with Gasteiger partial charge < -0.3 is 4.74 Å². The van der Waals surface area contributed by atoms with Crippen molar-refractivity contribution in [2.45, 2.75) is 13.8 Å². The number of nitro benzene ring substituents is 1. The van der Waals surface area contributed by atoms with Gasteiger partial charge in [0, 0.05) is 6.07 Å². The van der Waals surface area contributed by atoms with Gasteiger partial charge in [0.05, 0.1) is 10.5 Å². The molecule has 102 valence electrons. The third kappa shape index (κ3) is 2.83. The molecular formula is C15H13NO4. The Morgan fingerprint density at radius 1 is 1.05 bits per heavy atom. The molecule has 0 saturated carbocycles. The fourth-order valence-electron chi connectivity index (χ4n) is 1.77. The van der Waals surface area contributed by atoms with E-state index in [2.05, 4.69) is 0 Å². The zero-order valence-corrected chi connectivity index (χ0v) is 11.1. The van der Waals surface area contributed by atoms with E-state index in [9.17, 15) is 14.9 Å². The summed E-state index contributed by atoms with van der Waals surface area (Å²) in [5.41, 5.74) is 2.00. The topological polar surface area (TPSA) is 69.4 Å². The second-order valence-electron chi connectivity index (χ2n) is 4.44. The average Bonchev–Trinajstić information content (AvgIpc) is 2.42. The van der Waals surface area contributed by atoms with Crippen molar-refractivity contribution in [3.8, 4) is 11.5 Å². The van der Waals surface area contributed by atoms with Gasteiger partial charge in [-0.25, -0.2) is 0 Å². The lowest BCUT2D eigenvalue weighted by molar-refractivity contribution is -0.385. The van der Waals surface area contributed by atoms with Gasteiger partial charge in [0.1, 0.15) is 11.5 Å². The molecule has 2 aromatic rings. The quantitative estimate of drug-likeness (QED) is 0.481. The van der Waals surface area contributed by atoms with Gasteiger partial charge in [-0.15, -0.1) is 0 Å². The van der Waals surface area contributed by atoms with Crippen LogP contribution in [0.3, 0.4) is 0 Å². The number of ether oxygens (including phenoxy) is 1. The molecule has 0 radical (unpaired) electrons. The van der Waals surface area contributed by atoms with Gasteiger partial charge in [0.15, 0.2) is 6.29 Å². The molecule has 0 unspecified atom stereocenters. The first-order valence-corrected chi connectivity index (χ1v) is 6.00. The molecule has 2 aromatic carbocycles. The van der Waals surface area contributed by atoms with Crippen LogP contribution < -0.4 is 4.74 Å². The first-order chi connectivity index (χ1) is 9.51. The molecule has 0 aromatic heterocycles. The normalized spacial score (nSPS) is 10.1. The highest BCUT2D eigenvalue weighted by Gasteiger charge is 2.14. The number of nitro groups is 1. The van der Waals surface area contributed by atoms with E-state index in [-0.39, 0.29) is 11.3 Å². The predicted octanol–water partition coefficient (Wildman–Crippen LogP) is 3.82. The Labute approximate surface area is 116 Å². The van der Waals surface area contributed by atoms with E-state index in [1.165, 1.54) is 18.2 Å². The van der Waals surface area contributed by atoms with Gasteiger partial charge >= 0.3 is 0 Å². The van der Waals surface area contributed by atoms with Gasteiger partial charge in [-0.1, -0.05) is 6.07 Å². The third-order valence-corrected chi connectivity index (χ3v) is 3.04. The van der Waals surface area contributed by atoms with Crippen LogP contribution in [0, 0.1) is 24.0 Å². The molecule has 0 aliphatic carbocycles. The van der Waals surface area contributed by atoms with Gasteiger partial charge in [0.25, 0.3) is 5.69 Å². The molecule has 0 N–H and O–H groups in total. The van der Waals surface area contributed by atoms with Crippen molar-refractivity contribution in [3.05, 3.63) is 63.2 Å². The molecule has 0 amide bonds. The molecule has 5 heteroatoms. The molecule has 0 spiro atoms. The van der Waals surface area contributed by atoms with Crippen LogP contribution in [0.5, 0.6) is 11.5 Å². The summed E-state index contributed by atoms with van der Waals surface area (Å²) in [4.78, 5) is 21.0. The minimum Gasteiger partial charge on any atom is -0.457 e. The predicted molar refractivity (Wildman–Crippen MR) is 74.5 cm³/mol. The van der Waals surface area contributed by atoms with Crippen molar-refractivity contribution in [3.63, 3.8) is 0 Å². The Morgan fingerprint density at radius 2 is 1.70 bits per heavy atom. The molecule has 0 atom stereocenters. The van der Waals surface area contributed by atoms with Crippen LogP contribution in [0.4, 0.5) is 5.69 Å². The molecule has 0 aliphatic heterocycles. The molecule has 20 heavy (non-hydrogen) atoms. The number of hydrogen-bond donors (Lipinski definition) is 0. The molecule has 0 heterocycles. The maximum absolute atomic E-state index is 10.9. The summed E-state index contributed by atoms with van der Waals surface area (Å²) >= 11 is 0. The van der Waals surface area contributed by atoms with Crippen LogP contribution >= 0.6 is 0 Å². The highest BCUT2D eigenvalue weighted by molar-refractivity contribution is 5.82. The number of carbonyl (C=O) groups is 1. The summed E-state index contributed by atoms with van der Waals surface area (Å²) in [6.45, 7) is 3.96. The Hall–Kier alpha value is -2.69. The zero-order valence-electron chi connectivity index (χ0n) is 11.1. The molecule has 5 nitrogen and oxygen atoms in total. The smallest absolute Gasteiger partial charge is 0.280 e. The molecule has 2 rings (SSSR count). The van der Waals surface area contributed by atoms with E-state index in [0.717, 1.165) is 11.1 Å². The van der Waals surface area contributed by atoms with Crippen molar-refractivity contribution in [2.75, 3.05) is 0 Å². The molecular weight excluding hydrogens is 258 g/mol. The summed E-state index contributed by atoms with van der Waals surface area (Å²) < 4.78 is 5.61. The number of aldehydes is 1. The summed E-state index contributed by atoms with van der Waals surface area (Å²) in [6.07, 6.45) is 0.450. The zero-order chi connectivity index (χ0) is 14.7. The minimum atomic E-state index is -0.594. The average molecular weight is 271 g/mol. The van der Waals surface area contributed by atoms with Crippen molar-refractivity contribution in [1.29, 1.82) is 0 Å². The van der Waals surface area contributed by atoms with Crippen molar-refractivity contribution >= 4 is 12.0 Å². The lowest BCUT2D eigenvalue weighted by Gasteiger charge is -2.08. The Balaban J connectivity index is 2.32. The van der Waals surface area contributed by atoms with Crippen LogP contribution in [0.1, 0.15) is 21.5 Å². The number of aryl methyl sites for hydroxylation is 2.